The topological polar surface area (TPSA) is 29.1 Å². The Labute approximate surface area is 100 Å². The van der Waals surface area contributed by atoms with Crippen molar-refractivity contribution in [3.05, 3.63) is 0 Å². The Kier molecular flexibility index (Phi) is 7.88. The smallest absolute Gasteiger partial charge is 0.221 e. The molecular weight excluding hydrogens is 241 g/mol. The van der Waals surface area contributed by atoms with E-state index < -0.39 is 5.54 Å². The highest BCUT2D eigenvalue weighted by molar-refractivity contribution is 7.98. The molecule has 5 heteroatoms. The Morgan fingerprint density at radius 3 is 2.36 bits per heavy atom. The molecule has 2 nitrogen and oxygen atoms in total. The molecule has 0 saturated heterocycles. The first-order valence-corrected chi connectivity index (χ1v) is 7.02. The van der Waals surface area contributed by atoms with Crippen LogP contribution in [0.15, 0.2) is 0 Å². The fraction of sp³-hybridized carbons (Fsp3) is 0.889. The van der Waals surface area contributed by atoms with Crippen molar-refractivity contribution in [2.24, 2.45) is 0 Å². The maximum Gasteiger partial charge on any atom is 0.221 e. The van der Waals surface area contributed by atoms with Crippen LogP contribution in [-0.4, -0.2) is 35.2 Å². The van der Waals surface area contributed by atoms with Gasteiger partial charge in [0, 0.05) is 23.9 Å². The molecule has 0 spiro atoms. The lowest BCUT2D eigenvalue weighted by atomic mass is 10.0. The zero-order valence-corrected chi connectivity index (χ0v) is 10.9. The van der Waals surface area contributed by atoms with E-state index in [2.05, 4.69) is 5.32 Å². The van der Waals surface area contributed by atoms with Gasteiger partial charge in [0.1, 0.15) is 0 Å². The molecule has 0 unspecified atom stereocenters. The molecule has 0 rings (SSSR count). The lowest BCUT2D eigenvalue weighted by Gasteiger charge is -2.29. The number of hydrogen-bond acceptors (Lipinski definition) is 2. The number of alkyl halides is 2. The molecule has 0 saturated carbocycles. The van der Waals surface area contributed by atoms with Crippen LogP contribution in [-0.2, 0) is 4.79 Å². The van der Waals surface area contributed by atoms with E-state index in [0.29, 0.717) is 18.2 Å². The number of thioether (sulfide) groups is 1. The second-order valence-corrected chi connectivity index (χ2v) is 4.71. The molecule has 0 aliphatic heterocycles. The van der Waals surface area contributed by atoms with E-state index >= 15 is 0 Å². The van der Waals surface area contributed by atoms with Crippen LogP contribution < -0.4 is 5.32 Å². The average Bonchev–Trinajstić information content (AvgIpc) is 2.23. The van der Waals surface area contributed by atoms with Crippen LogP contribution in [0.25, 0.3) is 0 Å². The predicted molar refractivity (Wildman–Crippen MR) is 65.6 cm³/mol. The van der Waals surface area contributed by atoms with Crippen molar-refractivity contribution in [1.82, 2.24) is 5.32 Å². The molecule has 0 bridgehead atoms. The summed E-state index contributed by atoms with van der Waals surface area (Å²) >= 11 is 13.2. The zero-order chi connectivity index (χ0) is 11.0. The molecule has 0 aromatic carbocycles. The van der Waals surface area contributed by atoms with Gasteiger partial charge >= 0.3 is 0 Å². The van der Waals surface area contributed by atoms with Crippen LogP contribution in [0.2, 0.25) is 0 Å². The Balaban J connectivity index is 4.08. The van der Waals surface area contributed by atoms with Gasteiger partial charge in [-0.1, -0.05) is 6.92 Å². The molecule has 0 aromatic heterocycles. The second kappa shape index (κ2) is 7.66. The largest absolute Gasteiger partial charge is 0.348 e. The maximum absolute atomic E-state index is 11.5. The number of nitrogens with one attached hydrogen (secondary N) is 1. The molecule has 0 aromatic rings. The molecule has 1 amide bonds. The molecular formula is C9H17Cl2NOS. The van der Waals surface area contributed by atoms with Crippen LogP contribution in [0.5, 0.6) is 0 Å². The van der Waals surface area contributed by atoms with Crippen LogP contribution in [0, 0.1) is 0 Å². The van der Waals surface area contributed by atoms with Crippen molar-refractivity contribution in [3.8, 4) is 0 Å². The zero-order valence-electron chi connectivity index (χ0n) is 8.61. The minimum absolute atomic E-state index is 0.0301. The third-order valence-corrected chi connectivity index (χ3v) is 3.76. The van der Waals surface area contributed by atoms with E-state index in [1.807, 2.05) is 13.2 Å². The van der Waals surface area contributed by atoms with Gasteiger partial charge in [-0.2, -0.15) is 11.8 Å². The molecule has 0 aliphatic carbocycles. The highest BCUT2D eigenvalue weighted by atomic mass is 35.5. The lowest BCUT2D eigenvalue weighted by molar-refractivity contribution is -0.122. The van der Waals surface area contributed by atoms with Gasteiger partial charge in [-0.25, -0.2) is 0 Å². The van der Waals surface area contributed by atoms with E-state index in [1.165, 1.54) is 0 Å². The molecule has 0 heterocycles. The summed E-state index contributed by atoms with van der Waals surface area (Å²) in [6.07, 6.45) is 3.26. The number of hydrogen-bond donors (Lipinski definition) is 1. The van der Waals surface area contributed by atoms with Crippen LogP contribution in [0.4, 0.5) is 0 Å². The van der Waals surface area contributed by atoms with E-state index in [4.69, 9.17) is 23.2 Å². The standard InChI is InChI=1S/C9H17Cl2NOS/c1-3-9(6-10,7-11)12-8(13)4-5-14-2/h3-7H2,1-2H3,(H,12,13). The van der Waals surface area contributed by atoms with Gasteiger partial charge in [0.15, 0.2) is 0 Å². The van der Waals surface area contributed by atoms with E-state index in [0.717, 1.165) is 12.2 Å². The molecule has 1 N–H and O–H groups in total. The van der Waals surface area contributed by atoms with Crippen LogP contribution in [0.1, 0.15) is 19.8 Å². The minimum atomic E-state index is -0.432. The number of carbonyl (C=O) groups excluding carboxylic acids is 1. The Morgan fingerprint density at radius 2 is 2.00 bits per heavy atom. The Morgan fingerprint density at radius 1 is 1.43 bits per heavy atom. The molecule has 0 fully saturated rings. The highest BCUT2D eigenvalue weighted by Gasteiger charge is 2.27. The first kappa shape index (κ1) is 14.4. The van der Waals surface area contributed by atoms with Crippen molar-refractivity contribution < 1.29 is 4.79 Å². The van der Waals surface area contributed by atoms with Gasteiger partial charge < -0.3 is 5.32 Å². The lowest BCUT2D eigenvalue weighted by Crippen LogP contribution is -2.51. The summed E-state index contributed by atoms with van der Waals surface area (Å²) in [6, 6.07) is 0. The summed E-state index contributed by atoms with van der Waals surface area (Å²) in [5.41, 5.74) is -0.432. The number of rotatable bonds is 7. The quantitative estimate of drug-likeness (QED) is 0.711. The third kappa shape index (κ3) is 4.76. The van der Waals surface area contributed by atoms with E-state index in [9.17, 15) is 4.79 Å². The molecule has 0 aliphatic rings. The van der Waals surface area contributed by atoms with Crippen molar-refractivity contribution in [2.75, 3.05) is 23.8 Å². The first-order chi connectivity index (χ1) is 6.64. The number of halogens is 2. The van der Waals surface area contributed by atoms with E-state index in [1.54, 1.807) is 11.8 Å². The summed E-state index contributed by atoms with van der Waals surface area (Å²) in [5.74, 6) is 1.58. The first-order valence-electron chi connectivity index (χ1n) is 4.56. The normalized spacial score (nSPS) is 11.4. The van der Waals surface area contributed by atoms with Crippen molar-refractivity contribution in [2.45, 2.75) is 25.3 Å². The fourth-order valence-electron chi connectivity index (χ4n) is 0.933. The minimum Gasteiger partial charge on any atom is -0.348 e. The van der Waals surface area contributed by atoms with Crippen molar-refractivity contribution in [3.63, 3.8) is 0 Å². The number of carbonyl (C=O) groups is 1. The Hall–Kier alpha value is 0.400. The molecule has 84 valence electrons. The summed E-state index contributed by atoms with van der Waals surface area (Å²) in [4.78, 5) is 11.5. The average molecular weight is 258 g/mol. The fourth-order valence-corrected chi connectivity index (χ4v) is 2.12. The summed E-state index contributed by atoms with van der Waals surface area (Å²) < 4.78 is 0. The summed E-state index contributed by atoms with van der Waals surface area (Å²) in [5, 5.41) is 2.90. The highest BCUT2D eigenvalue weighted by Crippen LogP contribution is 2.15. The molecule has 0 radical (unpaired) electrons. The van der Waals surface area contributed by atoms with Gasteiger partial charge in [0.05, 0.1) is 5.54 Å². The van der Waals surface area contributed by atoms with E-state index in [-0.39, 0.29) is 5.91 Å². The van der Waals surface area contributed by atoms with Crippen molar-refractivity contribution in [1.29, 1.82) is 0 Å². The van der Waals surface area contributed by atoms with Crippen molar-refractivity contribution >= 4 is 40.9 Å². The summed E-state index contributed by atoms with van der Waals surface area (Å²) in [6.45, 7) is 1.97. The van der Waals surface area contributed by atoms with Gasteiger partial charge in [0.2, 0.25) is 5.91 Å². The van der Waals surface area contributed by atoms with Crippen LogP contribution >= 0.6 is 35.0 Å². The predicted octanol–water partition coefficient (Wildman–Crippen LogP) is 2.48. The molecule has 14 heavy (non-hydrogen) atoms. The van der Waals surface area contributed by atoms with Gasteiger partial charge in [-0.15, -0.1) is 23.2 Å². The van der Waals surface area contributed by atoms with Gasteiger partial charge in [0.25, 0.3) is 0 Å². The third-order valence-electron chi connectivity index (χ3n) is 2.13. The second-order valence-electron chi connectivity index (χ2n) is 3.19. The Bertz CT molecular complexity index is 166. The van der Waals surface area contributed by atoms with Gasteiger partial charge in [-0.05, 0) is 12.7 Å². The summed E-state index contributed by atoms with van der Waals surface area (Å²) in [7, 11) is 0. The maximum atomic E-state index is 11.5. The molecule has 0 atom stereocenters. The monoisotopic (exact) mass is 257 g/mol. The number of amides is 1. The van der Waals surface area contributed by atoms with Crippen LogP contribution in [0.3, 0.4) is 0 Å². The van der Waals surface area contributed by atoms with Gasteiger partial charge in [-0.3, -0.25) is 4.79 Å². The SMILES string of the molecule is CCC(CCl)(CCl)NC(=O)CCSC.